The summed E-state index contributed by atoms with van der Waals surface area (Å²) in [5, 5.41) is 0.952. The van der Waals surface area contributed by atoms with Gasteiger partial charge in [0.25, 0.3) is 0 Å². The van der Waals surface area contributed by atoms with Crippen molar-refractivity contribution in [1.82, 2.24) is 14.1 Å². The molecule has 1 fully saturated rings. The van der Waals surface area contributed by atoms with E-state index in [1.807, 2.05) is 63.2 Å². The van der Waals surface area contributed by atoms with Crippen LogP contribution in [0.2, 0.25) is 0 Å². The number of carbonyl (C=O) groups excluding carboxylic acids is 1. The van der Waals surface area contributed by atoms with E-state index in [9.17, 15) is 9.59 Å². The number of carbonyl (C=O) groups is 1. The standard InChI is InChI=1S/C30H31N3O6/c1-30(2,3)39-29(35)33-24-7-5-4-6-20(24)15-25(33)21-8-9-23-19(14-21)10-11-32-26(23)16-27(31-28(32)34)38-18-22-17-36-12-13-37-22/h4-9,14-16,22H,10-13,17-18H2,1-3H3. The van der Waals surface area contributed by atoms with Gasteiger partial charge in [-0.1, -0.05) is 30.3 Å². The minimum atomic E-state index is -0.628. The molecule has 9 heteroatoms. The number of aryl methyl sites for hydroxylation is 1. The first-order valence-electron chi connectivity index (χ1n) is 13.2. The van der Waals surface area contributed by atoms with Gasteiger partial charge in [0, 0.05) is 23.6 Å². The van der Waals surface area contributed by atoms with Crippen molar-refractivity contribution in [2.24, 2.45) is 0 Å². The highest BCUT2D eigenvalue weighted by molar-refractivity contribution is 5.96. The molecule has 1 atom stereocenters. The van der Waals surface area contributed by atoms with Crippen molar-refractivity contribution in [3.63, 3.8) is 0 Å². The number of ether oxygens (including phenoxy) is 4. The van der Waals surface area contributed by atoms with Gasteiger partial charge >= 0.3 is 11.8 Å². The highest BCUT2D eigenvalue weighted by Gasteiger charge is 2.25. The molecule has 2 aliphatic rings. The minimum Gasteiger partial charge on any atom is -0.475 e. The highest BCUT2D eigenvalue weighted by Crippen LogP contribution is 2.35. The Kier molecular flexibility index (Phi) is 6.48. The Hall–Kier alpha value is -3.95. The lowest BCUT2D eigenvalue weighted by molar-refractivity contribution is -0.102. The molecule has 2 aromatic carbocycles. The average molecular weight is 530 g/mol. The van der Waals surface area contributed by atoms with E-state index in [2.05, 4.69) is 11.1 Å². The zero-order valence-electron chi connectivity index (χ0n) is 22.3. The molecule has 2 aromatic heterocycles. The summed E-state index contributed by atoms with van der Waals surface area (Å²) in [5.41, 5.74) is 4.24. The molecule has 0 N–H and O–H groups in total. The van der Waals surface area contributed by atoms with Gasteiger partial charge < -0.3 is 18.9 Å². The SMILES string of the molecule is CC(C)(C)OC(=O)n1c(-c2ccc3c(c2)CCn2c-3cc(OCC3COCCO3)nc2=O)cc2ccccc21. The van der Waals surface area contributed by atoms with Crippen LogP contribution in [-0.2, 0) is 27.2 Å². The molecule has 39 heavy (non-hydrogen) atoms. The second-order valence-electron chi connectivity index (χ2n) is 10.8. The Morgan fingerprint density at radius 2 is 1.92 bits per heavy atom. The highest BCUT2D eigenvalue weighted by atomic mass is 16.6. The van der Waals surface area contributed by atoms with E-state index in [4.69, 9.17) is 18.9 Å². The average Bonchev–Trinajstić information content (AvgIpc) is 3.31. The van der Waals surface area contributed by atoms with Gasteiger partial charge in [-0.15, -0.1) is 0 Å². The number of para-hydroxylation sites is 1. The van der Waals surface area contributed by atoms with E-state index in [0.717, 1.165) is 39.0 Å². The first kappa shape index (κ1) is 25.3. The predicted octanol–water partition coefficient (Wildman–Crippen LogP) is 4.67. The third-order valence-corrected chi connectivity index (χ3v) is 6.86. The predicted molar refractivity (Wildman–Crippen MR) is 146 cm³/mol. The summed E-state index contributed by atoms with van der Waals surface area (Å²) < 4.78 is 25.9. The topological polar surface area (TPSA) is 93.8 Å². The Balaban J connectivity index is 1.36. The van der Waals surface area contributed by atoms with Crippen molar-refractivity contribution in [3.05, 3.63) is 70.6 Å². The molecule has 0 aliphatic carbocycles. The first-order chi connectivity index (χ1) is 18.8. The summed E-state index contributed by atoms with van der Waals surface area (Å²) in [6, 6.07) is 17.6. The van der Waals surface area contributed by atoms with E-state index in [1.165, 1.54) is 0 Å². The Labute approximate surface area is 225 Å². The second kappa shape index (κ2) is 9.98. The van der Waals surface area contributed by atoms with Gasteiger partial charge in [0.15, 0.2) is 0 Å². The lowest BCUT2D eigenvalue weighted by atomic mass is 9.94. The fourth-order valence-electron chi connectivity index (χ4n) is 5.12. The van der Waals surface area contributed by atoms with Gasteiger partial charge in [0.1, 0.15) is 18.3 Å². The van der Waals surface area contributed by atoms with E-state index in [-0.39, 0.29) is 24.3 Å². The van der Waals surface area contributed by atoms with Gasteiger partial charge in [0.2, 0.25) is 5.88 Å². The van der Waals surface area contributed by atoms with Crippen LogP contribution in [0, 0.1) is 0 Å². The molecule has 0 radical (unpaired) electrons. The maximum atomic E-state index is 13.3. The van der Waals surface area contributed by atoms with Crippen LogP contribution in [0.4, 0.5) is 4.79 Å². The summed E-state index contributed by atoms with van der Waals surface area (Å²) in [6.07, 6.45) is 0.0529. The van der Waals surface area contributed by atoms with Crippen LogP contribution in [0.5, 0.6) is 5.88 Å². The number of hydrogen-bond donors (Lipinski definition) is 0. The van der Waals surface area contributed by atoms with Crippen LogP contribution in [0.25, 0.3) is 33.4 Å². The molecule has 2 aliphatic heterocycles. The van der Waals surface area contributed by atoms with Crippen molar-refractivity contribution in [1.29, 1.82) is 0 Å². The van der Waals surface area contributed by atoms with Gasteiger partial charge in [-0.3, -0.25) is 4.57 Å². The summed E-state index contributed by atoms with van der Waals surface area (Å²) in [5.74, 6) is 0.266. The molecular weight excluding hydrogens is 498 g/mol. The van der Waals surface area contributed by atoms with Gasteiger partial charge in [-0.25, -0.2) is 14.2 Å². The summed E-state index contributed by atoms with van der Waals surface area (Å²) in [4.78, 5) is 30.3. The number of nitrogens with zero attached hydrogens (tertiary/aromatic N) is 3. The van der Waals surface area contributed by atoms with E-state index in [1.54, 1.807) is 15.2 Å². The molecule has 1 saturated heterocycles. The molecular formula is C30H31N3O6. The van der Waals surface area contributed by atoms with Crippen LogP contribution in [0.3, 0.4) is 0 Å². The largest absolute Gasteiger partial charge is 0.475 e. The summed E-state index contributed by atoms with van der Waals surface area (Å²) in [7, 11) is 0. The summed E-state index contributed by atoms with van der Waals surface area (Å²) >= 11 is 0. The normalized spacial score (nSPS) is 16.9. The quantitative estimate of drug-likeness (QED) is 0.379. The number of benzene rings is 2. The second-order valence-corrected chi connectivity index (χ2v) is 10.8. The molecule has 0 amide bonds. The van der Waals surface area contributed by atoms with Gasteiger partial charge in [0.05, 0.1) is 36.7 Å². The number of rotatable bonds is 4. The van der Waals surface area contributed by atoms with Crippen LogP contribution >= 0.6 is 0 Å². The van der Waals surface area contributed by atoms with Gasteiger partial charge in [-0.05, 0) is 56.5 Å². The molecule has 9 nitrogen and oxygen atoms in total. The number of hydrogen-bond acceptors (Lipinski definition) is 7. The van der Waals surface area contributed by atoms with E-state index < -0.39 is 11.7 Å². The first-order valence-corrected chi connectivity index (χ1v) is 13.2. The van der Waals surface area contributed by atoms with Crippen molar-refractivity contribution < 1.29 is 23.7 Å². The lowest BCUT2D eigenvalue weighted by Gasteiger charge is -2.24. The molecule has 0 bridgehead atoms. The lowest BCUT2D eigenvalue weighted by Crippen LogP contribution is -2.34. The molecule has 4 heterocycles. The van der Waals surface area contributed by atoms with Crippen molar-refractivity contribution >= 4 is 17.0 Å². The van der Waals surface area contributed by atoms with E-state index in [0.29, 0.717) is 32.8 Å². The Bertz CT molecular complexity index is 1610. The maximum absolute atomic E-state index is 13.3. The smallest absolute Gasteiger partial charge is 0.419 e. The monoisotopic (exact) mass is 529 g/mol. The van der Waals surface area contributed by atoms with Crippen molar-refractivity contribution in [2.45, 2.75) is 45.4 Å². The Morgan fingerprint density at radius 3 is 2.72 bits per heavy atom. The van der Waals surface area contributed by atoms with E-state index >= 15 is 0 Å². The van der Waals surface area contributed by atoms with Crippen LogP contribution in [0.15, 0.2) is 59.4 Å². The third-order valence-electron chi connectivity index (χ3n) is 6.86. The minimum absolute atomic E-state index is 0.189. The van der Waals surface area contributed by atoms with Crippen LogP contribution in [0.1, 0.15) is 26.3 Å². The third kappa shape index (κ3) is 5.07. The molecule has 6 rings (SSSR count). The van der Waals surface area contributed by atoms with Crippen LogP contribution < -0.4 is 10.4 Å². The van der Waals surface area contributed by atoms with Crippen molar-refractivity contribution in [2.75, 3.05) is 26.4 Å². The zero-order chi connectivity index (χ0) is 27.1. The molecule has 4 aromatic rings. The van der Waals surface area contributed by atoms with Crippen LogP contribution in [-0.4, -0.2) is 58.3 Å². The van der Waals surface area contributed by atoms with Crippen molar-refractivity contribution in [3.8, 4) is 28.4 Å². The molecule has 202 valence electrons. The number of fused-ring (bicyclic) bond motifs is 4. The fourth-order valence-corrected chi connectivity index (χ4v) is 5.12. The fraction of sp³-hybridized carbons (Fsp3) is 0.367. The molecule has 0 saturated carbocycles. The molecule has 0 spiro atoms. The number of aromatic nitrogens is 3. The summed E-state index contributed by atoms with van der Waals surface area (Å²) in [6.45, 7) is 7.90. The van der Waals surface area contributed by atoms with Gasteiger partial charge in [-0.2, -0.15) is 4.98 Å². The maximum Gasteiger partial charge on any atom is 0.419 e. The Morgan fingerprint density at radius 1 is 1.08 bits per heavy atom. The zero-order valence-corrected chi connectivity index (χ0v) is 22.3. The molecule has 1 unspecified atom stereocenters.